The third-order valence-electron chi connectivity index (χ3n) is 3.97. The zero-order chi connectivity index (χ0) is 19.1. The summed E-state index contributed by atoms with van der Waals surface area (Å²) in [5.74, 6) is -0.334. The SMILES string of the molecule is CN1CC(CNS(=O)(=O)c2ccc(-c3cc(C(F)(F)F)[nH]n3)o2)CC1=O. The molecule has 0 radical (unpaired) electrons. The standard InChI is InChI=1S/C14H15F3N4O4S/c1-21-7-8(4-12(21)22)6-18-26(23,24)13-3-2-10(25-13)9-5-11(20-19-9)14(15,16)17/h2-3,5,8,18H,4,6-7H2,1H3,(H,19,20). The van der Waals surface area contributed by atoms with Crippen LogP contribution < -0.4 is 4.72 Å². The third kappa shape index (κ3) is 3.75. The van der Waals surface area contributed by atoms with E-state index in [1.165, 1.54) is 11.0 Å². The summed E-state index contributed by atoms with van der Waals surface area (Å²) in [6, 6.07) is 3.08. The number of halogens is 3. The smallest absolute Gasteiger partial charge is 0.432 e. The van der Waals surface area contributed by atoms with Gasteiger partial charge in [0.1, 0.15) is 11.4 Å². The van der Waals surface area contributed by atoms with E-state index in [-0.39, 0.29) is 36.2 Å². The molecular formula is C14H15F3N4O4S. The van der Waals surface area contributed by atoms with Gasteiger partial charge in [0, 0.05) is 26.6 Å². The van der Waals surface area contributed by atoms with E-state index in [9.17, 15) is 26.4 Å². The molecule has 8 nitrogen and oxygen atoms in total. The number of amides is 1. The third-order valence-corrected chi connectivity index (χ3v) is 5.26. The van der Waals surface area contributed by atoms with Crippen LogP contribution in [0, 0.1) is 5.92 Å². The maximum atomic E-state index is 12.6. The van der Waals surface area contributed by atoms with Gasteiger partial charge in [-0.15, -0.1) is 0 Å². The first-order valence-corrected chi connectivity index (χ1v) is 9.01. The molecule has 1 atom stereocenters. The van der Waals surface area contributed by atoms with Crippen LogP contribution in [0.2, 0.25) is 0 Å². The van der Waals surface area contributed by atoms with Gasteiger partial charge in [-0.1, -0.05) is 0 Å². The number of alkyl halides is 3. The zero-order valence-electron chi connectivity index (χ0n) is 13.5. The van der Waals surface area contributed by atoms with Crippen molar-refractivity contribution in [3.05, 3.63) is 23.9 Å². The van der Waals surface area contributed by atoms with Crippen LogP contribution in [0.25, 0.3) is 11.5 Å². The fourth-order valence-corrected chi connectivity index (χ4v) is 3.63. The summed E-state index contributed by atoms with van der Waals surface area (Å²) < 4.78 is 69.7. The Balaban J connectivity index is 1.70. The van der Waals surface area contributed by atoms with E-state index in [1.54, 1.807) is 7.05 Å². The summed E-state index contributed by atoms with van der Waals surface area (Å²) >= 11 is 0. The van der Waals surface area contributed by atoms with Crippen molar-refractivity contribution in [2.45, 2.75) is 17.7 Å². The summed E-state index contributed by atoms with van der Waals surface area (Å²) in [6.45, 7) is 0.493. The maximum absolute atomic E-state index is 12.6. The lowest BCUT2D eigenvalue weighted by Crippen LogP contribution is -2.30. The Kier molecular flexibility index (Phi) is 4.56. The largest absolute Gasteiger partial charge is 0.442 e. The molecule has 1 aliphatic heterocycles. The number of nitrogens with one attached hydrogen (secondary N) is 2. The Labute approximate surface area is 146 Å². The van der Waals surface area contributed by atoms with Crippen molar-refractivity contribution in [3.63, 3.8) is 0 Å². The summed E-state index contributed by atoms with van der Waals surface area (Å²) in [7, 11) is -2.36. The van der Waals surface area contributed by atoms with Crippen molar-refractivity contribution in [1.29, 1.82) is 0 Å². The second-order valence-corrected chi connectivity index (χ2v) is 7.68. The number of hydrogen-bond donors (Lipinski definition) is 2. The van der Waals surface area contributed by atoms with Gasteiger partial charge in [0.25, 0.3) is 10.0 Å². The zero-order valence-corrected chi connectivity index (χ0v) is 14.3. The number of furan rings is 1. The molecule has 0 bridgehead atoms. The number of nitrogens with zero attached hydrogens (tertiary/aromatic N) is 2. The fourth-order valence-electron chi connectivity index (χ4n) is 2.59. The van der Waals surface area contributed by atoms with E-state index in [2.05, 4.69) is 9.82 Å². The average molecular weight is 392 g/mol. The first-order chi connectivity index (χ1) is 12.1. The fraction of sp³-hybridized carbons (Fsp3) is 0.429. The highest BCUT2D eigenvalue weighted by Gasteiger charge is 2.34. The molecule has 0 saturated carbocycles. The molecule has 142 valence electrons. The minimum atomic E-state index is -4.60. The van der Waals surface area contributed by atoms with E-state index >= 15 is 0 Å². The quantitative estimate of drug-likeness (QED) is 0.801. The molecule has 1 saturated heterocycles. The molecule has 1 unspecified atom stereocenters. The van der Waals surface area contributed by atoms with Crippen LogP contribution in [0.5, 0.6) is 0 Å². The lowest BCUT2D eigenvalue weighted by atomic mass is 10.1. The van der Waals surface area contributed by atoms with Crippen LogP contribution in [0.15, 0.2) is 27.7 Å². The van der Waals surface area contributed by atoms with Gasteiger partial charge in [0.05, 0.1) is 0 Å². The number of hydrogen-bond acceptors (Lipinski definition) is 5. The molecule has 2 aromatic heterocycles. The van der Waals surface area contributed by atoms with E-state index in [1.807, 2.05) is 5.10 Å². The molecule has 2 N–H and O–H groups in total. The molecule has 0 aliphatic carbocycles. The highest BCUT2D eigenvalue weighted by molar-refractivity contribution is 7.89. The highest BCUT2D eigenvalue weighted by Crippen LogP contribution is 2.31. The number of H-pyrrole nitrogens is 1. The number of rotatable bonds is 5. The lowest BCUT2D eigenvalue weighted by Gasteiger charge is -2.10. The van der Waals surface area contributed by atoms with Crippen molar-refractivity contribution in [2.24, 2.45) is 5.92 Å². The van der Waals surface area contributed by atoms with E-state index < -0.39 is 27.0 Å². The van der Waals surface area contributed by atoms with Crippen LogP contribution in [-0.4, -0.2) is 49.6 Å². The summed E-state index contributed by atoms with van der Waals surface area (Å²) in [5, 5.41) is 4.86. The Morgan fingerprint density at radius 3 is 2.73 bits per heavy atom. The average Bonchev–Trinajstić information content (AvgIpc) is 3.24. The second kappa shape index (κ2) is 6.43. The molecule has 0 aromatic carbocycles. The van der Waals surface area contributed by atoms with Crippen molar-refractivity contribution in [3.8, 4) is 11.5 Å². The normalized spacial score (nSPS) is 18.7. The Morgan fingerprint density at radius 2 is 2.15 bits per heavy atom. The molecule has 1 fully saturated rings. The monoisotopic (exact) mass is 392 g/mol. The second-order valence-electron chi connectivity index (χ2n) is 5.98. The van der Waals surface area contributed by atoms with Gasteiger partial charge in [0.2, 0.25) is 11.0 Å². The highest BCUT2D eigenvalue weighted by atomic mass is 32.2. The Morgan fingerprint density at radius 1 is 1.42 bits per heavy atom. The van der Waals surface area contributed by atoms with E-state index in [4.69, 9.17) is 4.42 Å². The number of sulfonamides is 1. The first-order valence-electron chi connectivity index (χ1n) is 7.53. The molecule has 1 aliphatic rings. The predicted molar refractivity (Wildman–Crippen MR) is 82.2 cm³/mol. The van der Waals surface area contributed by atoms with Gasteiger partial charge < -0.3 is 9.32 Å². The minimum Gasteiger partial charge on any atom is -0.442 e. The number of aromatic amines is 1. The molecular weight excluding hydrogens is 377 g/mol. The van der Waals surface area contributed by atoms with Gasteiger partial charge in [-0.3, -0.25) is 9.89 Å². The topological polar surface area (TPSA) is 108 Å². The predicted octanol–water partition coefficient (Wildman–Crippen LogP) is 1.45. The van der Waals surface area contributed by atoms with Gasteiger partial charge in [-0.05, 0) is 24.1 Å². The van der Waals surface area contributed by atoms with Crippen LogP contribution in [0.4, 0.5) is 13.2 Å². The number of likely N-dealkylation sites (tertiary alicyclic amines) is 1. The Bertz CT molecular complexity index is 919. The first kappa shape index (κ1) is 18.5. The molecule has 12 heteroatoms. The van der Waals surface area contributed by atoms with Gasteiger partial charge in [-0.25, -0.2) is 13.1 Å². The Hall–Kier alpha value is -2.34. The van der Waals surface area contributed by atoms with Crippen LogP contribution in [-0.2, 0) is 21.0 Å². The maximum Gasteiger partial charge on any atom is 0.432 e. The summed E-state index contributed by atoms with van der Waals surface area (Å²) in [6.07, 6.45) is -4.35. The molecule has 3 rings (SSSR count). The molecule has 1 amide bonds. The lowest BCUT2D eigenvalue weighted by molar-refractivity contribution is -0.141. The van der Waals surface area contributed by atoms with Gasteiger partial charge >= 0.3 is 6.18 Å². The van der Waals surface area contributed by atoms with Crippen molar-refractivity contribution in [1.82, 2.24) is 19.8 Å². The summed E-state index contributed by atoms with van der Waals surface area (Å²) in [4.78, 5) is 13.0. The summed E-state index contributed by atoms with van der Waals surface area (Å²) in [5.41, 5.74) is -1.23. The van der Waals surface area contributed by atoms with Crippen LogP contribution >= 0.6 is 0 Å². The van der Waals surface area contributed by atoms with Crippen molar-refractivity contribution < 1.29 is 30.8 Å². The molecule has 26 heavy (non-hydrogen) atoms. The minimum absolute atomic E-state index is 0.0507. The molecule has 3 heterocycles. The van der Waals surface area contributed by atoms with Gasteiger partial charge in [-0.2, -0.15) is 18.3 Å². The van der Waals surface area contributed by atoms with Crippen molar-refractivity contribution >= 4 is 15.9 Å². The van der Waals surface area contributed by atoms with Crippen LogP contribution in [0.3, 0.4) is 0 Å². The number of carbonyl (C=O) groups excluding carboxylic acids is 1. The van der Waals surface area contributed by atoms with Crippen molar-refractivity contribution in [2.75, 3.05) is 20.1 Å². The van der Waals surface area contributed by atoms with E-state index in [0.29, 0.717) is 6.54 Å². The van der Waals surface area contributed by atoms with Gasteiger partial charge in [0.15, 0.2) is 5.76 Å². The van der Waals surface area contributed by atoms with E-state index in [0.717, 1.165) is 12.1 Å². The number of carbonyl (C=O) groups is 1. The molecule has 2 aromatic rings. The molecule has 0 spiro atoms. The van der Waals surface area contributed by atoms with Crippen LogP contribution in [0.1, 0.15) is 12.1 Å². The number of aromatic nitrogens is 2.